The first-order valence-electron chi connectivity index (χ1n) is 10.3. The number of para-hydroxylation sites is 1. The highest BCUT2D eigenvalue weighted by Gasteiger charge is 2.80. The lowest BCUT2D eigenvalue weighted by atomic mass is 9.91. The van der Waals surface area contributed by atoms with Crippen LogP contribution in [0.5, 0.6) is 0 Å². The number of benzene rings is 2. The molecular formula is C25H17F6NOS. The van der Waals surface area contributed by atoms with Crippen molar-refractivity contribution < 1.29 is 31.1 Å². The number of nitrogens with zero attached hydrogens (tertiary/aromatic N) is 1. The number of thiophene rings is 1. The van der Waals surface area contributed by atoms with Gasteiger partial charge >= 0.3 is 17.8 Å². The maximum absolute atomic E-state index is 15.4. The van der Waals surface area contributed by atoms with Gasteiger partial charge in [-0.3, -0.25) is 4.79 Å². The van der Waals surface area contributed by atoms with Gasteiger partial charge in [0.05, 0.1) is 0 Å². The molecule has 2 nitrogen and oxygen atoms in total. The zero-order chi connectivity index (χ0) is 24.8. The summed E-state index contributed by atoms with van der Waals surface area (Å²) in [6.45, 7) is 2.87. The van der Waals surface area contributed by atoms with E-state index in [4.69, 9.17) is 0 Å². The van der Waals surface area contributed by atoms with Crippen LogP contribution in [0.15, 0.2) is 42.5 Å². The number of aldehydes is 1. The number of carbonyl (C=O) groups excluding carboxylic acids is 1. The lowest BCUT2D eigenvalue weighted by Gasteiger charge is -2.26. The summed E-state index contributed by atoms with van der Waals surface area (Å²) in [7, 11) is 1.57. The van der Waals surface area contributed by atoms with Crippen LogP contribution in [-0.4, -0.2) is 28.6 Å². The molecule has 0 radical (unpaired) electrons. The molecule has 0 spiro atoms. The van der Waals surface area contributed by atoms with Crippen molar-refractivity contribution in [2.24, 2.45) is 7.05 Å². The molecule has 176 valence electrons. The number of aryl methyl sites for hydroxylation is 2. The van der Waals surface area contributed by atoms with Gasteiger partial charge in [-0.1, -0.05) is 30.3 Å². The first-order valence-corrected chi connectivity index (χ1v) is 11.1. The average Bonchev–Trinajstić information content (AvgIpc) is 3.27. The number of carbonyl (C=O) groups is 1. The Bertz CT molecular complexity index is 1540. The Kier molecular flexibility index (Phi) is 4.66. The van der Waals surface area contributed by atoms with E-state index < -0.39 is 28.9 Å². The van der Waals surface area contributed by atoms with Gasteiger partial charge in [-0.2, -0.15) is 26.3 Å². The molecule has 34 heavy (non-hydrogen) atoms. The van der Waals surface area contributed by atoms with Crippen LogP contribution in [0, 0.1) is 13.8 Å². The molecule has 2 aromatic carbocycles. The van der Waals surface area contributed by atoms with Gasteiger partial charge in [-0.15, -0.1) is 11.3 Å². The van der Waals surface area contributed by atoms with Crippen molar-refractivity contribution in [3.63, 3.8) is 0 Å². The molecule has 0 bridgehead atoms. The molecule has 9 heteroatoms. The van der Waals surface area contributed by atoms with E-state index in [0.717, 1.165) is 11.3 Å². The Hall–Kier alpha value is -3.07. The van der Waals surface area contributed by atoms with Crippen LogP contribution in [0.2, 0.25) is 0 Å². The van der Waals surface area contributed by atoms with E-state index in [9.17, 15) is 13.6 Å². The maximum Gasteiger partial charge on any atom is 0.380 e. The van der Waals surface area contributed by atoms with Crippen LogP contribution in [0.4, 0.5) is 26.3 Å². The standard InChI is InChI=1S/C25H17F6NOS/c1-12-19(15-6-4-5-7-17(15)32(12)3)21-22(24(28,29)25(30,31)23(21,26)27)20-13(2)34-18-10-14(11-33)8-9-16(18)20/h4-11H,1-3H3. The molecule has 2 heterocycles. The summed E-state index contributed by atoms with van der Waals surface area (Å²) in [6, 6.07) is 10.4. The van der Waals surface area contributed by atoms with Crippen molar-refractivity contribution in [3.05, 3.63) is 69.7 Å². The SMILES string of the molecule is Cc1sc2cc(C=O)ccc2c1C1=C(c2c(C)n(C)c3ccccc23)C(F)(F)C(F)(F)C1(F)F. The second-order valence-electron chi connectivity index (χ2n) is 8.42. The topological polar surface area (TPSA) is 22.0 Å². The van der Waals surface area contributed by atoms with Gasteiger partial charge < -0.3 is 4.57 Å². The Morgan fingerprint density at radius 2 is 1.47 bits per heavy atom. The monoisotopic (exact) mass is 493 g/mol. The van der Waals surface area contributed by atoms with E-state index in [1.807, 2.05) is 0 Å². The third-order valence-corrected chi connectivity index (χ3v) is 7.66. The van der Waals surface area contributed by atoms with Crippen molar-refractivity contribution in [2.45, 2.75) is 31.6 Å². The second kappa shape index (κ2) is 6.97. The summed E-state index contributed by atoms with van der Waals surface area (Å²) >= 11 is 0.985. The van der Waals surface area contributed by atoms with Crippen molar-refractivity contribution in [1.82, 2.24) is 4.57 Å². The van der Waals surface area contributed by atoms with Crippen LogP contribution in [0.3, 0.4) is 0 Å². The second-order valence-corrected chi connectivity index (χ2v) is 9.67. The molecular weight excluding hydrogens is 476 g/mol. The van der Waals surface area contributed by atoms with E-state index in [0.29, 0.717) is 16.5 Å². The molecule has 0 unspecified atom stereocenters. The quantitative estimate of drug-likeness (QED) is 0.212. The molecule has 5 rings (SSSR count). The first kappa shape index (κ1) is 22.7. The Morgan fingerprint density at radius 1 is 0.853 bits per heavy atom. The highest BCUT2D eigenvalue weighted by Crippen LogP contribution is 2.66. The molecule has 0 fully saturated rings. The van der Waals surface area contributed by atoms with Gasteiger partial charge in [-0.25, -0.2) is 0 Å². The van der Waals surface area contributed by atoms with Crippen LogP contribution in [0.25, 0.3) is 32.1 Å². The number of alkyl halides is 6. The number of fused-ring (bicyclic) bond motifs is 2. The number of halogens is 6. The fourth-order valence-electron chi connectivity index (χ4n) is 4.85. The van der Waals surface area contributed by atoms with Crippen molar-refractivity contribution in [1.29, 1.82) is 0 Å². The lowest BCUT2D eigenvalue weighted by Crippen LogP contribution is -2.49. The third kappa shape index (κ3) is 2.61. The minimum Gasteiger partial charge on any atom is -0.347 e. The molecule has 0 saturated heterocycles. The summed E-state index contributed by atoms with van der Waals surface area (Å²) in [4.78, 5) is 11.3. The van der Waals surface area contributed by atoms with Gasteiger partial charge in [0.2, 0.25) is 0 Å². The molecule has 1 aliphatic rings. The number of allylic oxidation sites excluding steroid dienone is 2. The molecule has 0 aliphatic heterocycles. The van der Waals surface area contributed by atoms with Crippen LogP contribution in [-0.2, 0) is 7.05 Å². The molecule has 0 amide bonds. The minimum absolute atomic E-state index is 0.117. The average molecular weight is 493 g/mol. The maximum atomic E-state index is 15.4. The summed E-state index contributed by atoms with van der Waals surface area (Å²) in [5.41, 5.74) is -2.52. The smallest absolute Gasteiger partial charge is 0.347 e. The van der Waals surface area contributed by atoms with Gasteiger partial charge in [-0.05, 0) is 26.0 Å². The summed E-state index contributed by atoms with van der Waals surface area (Å²) < 4.78 is 93.4. The number of hydrogen-bond acceptors (Lipinski definition) is 2. The predicted octanol–water partition coefficient (Wildman–Crippen LogP) is 7.65. The van der Waals surface area contributed by atoms with Crippen molar-refractivity contribution in [2.75, 3.05) is 0 Å². The van der Waals surface area contributed by atoms with E-state index in [2.05, 4.69) is 0 Å². The van der Waals surface area contributed by atoms with Crippen molar-refractivity contribution >= 4 is 49.8 Å². The van der Waals surface area contributed by atoms with Crippen LogP contribution in [0.1, 0.15) is 32.1 Å². The Morgan fingerprint density at radius 3 is 2.12 bits per heavy atom. The van der Waals surface area contributed by atoms with E-state index in [1.54, 1.807) is 25.2 Å². The number of rotatable bonds is 3. The highest BCUT2D eigenvalue weighted by molar-refractivity contribution is 7.19. The van der Waals surface area contributed by atoms with Gasteiger partial charge in [0, 0.05) is 66.4 Å². The number of hydrogen-bond donors (Lipinski definition) is 0. The fourth-order valence-corrected chi connectivity index (χ4v) is 5.96. The Labute approximate surface area is 194 Å². The zero-order valence-corrected chi connectivity index (χ0v) is 19.0. The fraction of sp³-hybridized carbons (Fsp3) is 0.240. The first-order chi connectivity index (χ1) is 15.9. The molecule has 1 aliphatic carbocycles. The van der Waals surface area contributed by atoms with E-state index in [-0.39, 0.29) is 38.0 Å². The highest BCUT2D eigenvalue weighted by atomic mass is 32.1. The molecule has 0 N–H and O–H groups in total. The van der Waals surface area contributed by atoms with Crippen molar-refractivity contribution in [3.8, 4) is 0 Å². The third-order valence-electron chi connectivity index (χ3n) is 6.59. The lowest BCUT2D eigenvalue weighted by molar-refractivity contribution is -0.254. The minimum atomic E-state index is -5.64. The van der Waals surface area contributed by atoms with E-state index in [1.165, 1.54) is 42.7 Å². The van der Waals surface area contributed by atoms with Gasteiger partial charge in [0.25, 0.3) is 0 Å². The van der Waals surface area contributed by atoms with Gasteiger partial charge in [0.15, 0.2) is 0 Å². The summed E-state index contributed by atoms with van der Waals surface area (Å²) in [5, 5.41) is 0.301. The summed E-state index contributed by atoms with van der Waals surface area (Å²) in [5.74, 6) is -15.9. The molecule has 0 atom stereocenters. The normalized spacial score (nSPS) is 18.9. The summed E-state index contributed by atoms with van der Waals surface area (Å²) in [6.07, 6.45) is 0.560. The largest absolute Gasteiger partial charge is 0.380 e. The predicted molar refractivity (Wildman–Crippen MR) is 121 cm³/mol. The number of aromatic nitrogens is 1. The zero-order valence-electron chi connectivity index (χ0n) is 18.2. The van der Waals surface area contributed by atoms with Crippen LogP contribution >= 0.6 is 11.3 Å². The Balaban J connectivity index is 2.00. The molecule has 0 saturated carbocycles. The van der Waals surface area contributed by atoms with Crippen LogP contribution < -0.4 is 0 Å². The van der Waals surface area contributed by atoms with E-state index >= 15 is 17.6 Å². The van der Waals surface area contributed by atoms with Gasteiger partial charge in [0.1, 0.15) is 6.29 Å². The molecule has 2 aromatic heterocycles. The molecule has 4 aromatic rings.